The third-order valence-corrected chi connectivity index (χ3v) is 6.70. The molecule has 0 aliphatic carbocycles. The van der Waals surface area contributed by atoms with Gasteiger partial charge in [0.15, 0.2) is 15.0 Å². The van der Waals surface area contributed by atoms with E-state index in [0.717, 1.165) is 10.2 Å². The van der Waals surface area contributed by atoms with Crippen LogP contribution in [-0.4, -0.2) is 24.6 Å². The third-order valence-electron chi connectivity index (χ3n) is 3.58. The molecule has 0 saturated carbocycles. The van der Waals surface area contributed by atoms with Crippen LogP contribution < -0.4 is 5.32 Å². The molecule has 1 heterocycles. The maximum absolute atomic E-state index is 12.3. The van der Waals surface area contributed by atoms with E-state index < -0.39 is 15.1 Å². The van der Waals surface area contributed by atoms with E-state index in [1.54, 1.807) is 13.8 Å². The first-order valence-electron chi connectivity index (χ1n) is 7.39. The highest BCUT2D eigenvalue weighted by molar-refractivity contribution is 7.92. The van der Waals surface area contributed by atoms with E-state index in [1.165, 1.54) is 35.6 Å². The summed E-state index contributed by atoms with van der Waals surface area (Å²) >= 11 is 1.39. The van der Waals surface area contributed by atoms with E-state index in [0.29, 0.717) is 10.7 Å². The second-order valence-electron chi connectivity index (χ2n) is 5.56. The minimum Gasteiger partial charge on any atom is -0.298 e. The van der Waals surface area contributed by atoms with Crippen LogP contribution in [0.4, 0.5) is 5.13 Å². The Bertz CT molecular complexity index is 957. The zero-order valence-electron chi connectivity index (χ0n) is 13.2. The van der Waals surface area contributed by atoms with Crippen LogP contribution in [0.3, 0.4) is 0 Å². The molecule has 124 valence electrons. The summed E-state index contributed by atoms with van der Waals surface area (Å²) in [5.74, 6) is -0.317. The van der Waals surface area contributed by atoms with Gasteiger partial charge in [-0.3, -0.25) is 10.1 Å². The lowest BCUT2D eigenvalue weighted by Crippen LogP contribution is -2.15. The summed E-state index contributed by atoms with van der Waals surface area (Å²) in [7, 11) is -3.34. The van der Waals surface area contributed by atoms with Gasteiger partial charge in [0.25, 0.3) is 5.91 Å². The Labute approximate surface area is 144 Å². The fourth-order valence-corrected chi connectivity index (χ4v) is 4.08. The topological polar surface area (TPSA) is 76.1 Å². The van der Waals surface area contributed by atoms with Crippen molar-refractivity contribution < 1.29 is 13.2 Å². The van der Waals surface area contributed by atoms with Crippen molar-refractivity contribution in [2.75, 3.05) is 5.32 Å². The molecule has 5 nitrogen and oxygen atoms in total. The number of nitrogens with zero attached hydrogens (tertiary/aromatic N) is 1. The van der Waals surface area contributed by atoms with Crippen molar-refractivity contribution in [3.8, 4) is 0 Å². The highest BCUT2D eigenvalue weighted by atomic mass is 32.2. The molecule has 0 atom stereocenters. The van der Waals surface area contributed by atoms with E-state index in [4.69, 9.17) is 0 Å². The maximum Gasteiger partial charge on any atom is 0.257 e. The number of anilines is 1. The van der Waals surface area contributed by atoms with Crippen molar-refractivity contribution in [3.63, 3.8) is 0 Å². The number of thiazole rings is 1. The molecule has 2 aromatic carbocycles. The van der Waals surface area contributed by atoms with E-state index in [2.05, 4.69) is 10.3 Å². The molecule has 0 bridgehead atoms. The minimum atomic E-state index is -3.34. The number of sulfone groups is 1. The molecule has 24 heavy (non-hydrogen) atoms. The summed E-state index contributed by atoms with van der Waals surface area (Å²) in [6, 6.07) is 13.6. The number of hydrogen-bond donors (Lipinski definition) is 1. The normalized spacial score (nSPS) is 11.8. The van der Waals surface area contributed by atoms with Gasteiger partial charge in [-0.05, 0) is 50.2 Å². The molecule has 0 saturated heterocycles. The highest BCUT2D eigenvalue weighted by Crippen LogP contribution is 2.26. The summed E-state index contributed by atoms with van der Waals surface area (Å²) in [4.78, 5) is 16.9. The van der Waals surface area contributed by atoms with Crippen LogP contribution in [0.2, 0.25) is 0 Å². The average molecular weight is 360 g/mol. The van der Waals surface area contributed by atoms with Crippen LogP contribution >= 0.6 is 11.3 Å². The molecular formula is C17H16N2O3S2. The molecule has 7 heteroatoms. The molecule has 0 aliphatic heterocycles. The van der Waals surface area contributed by atoms with Crippen molar-refractivity contribution >= 4 is 42.4 Å². The Morgan fingerprint density at radius 2 is 1.75 bits per heavy atom. The van der Waals surface area contributed by atoms with Crippen LogP contribution in [0.5, 0.6) is 0 Å². The lowest BCUT2D eigenvalue weighted by molar-refractivity contribution is 0.102. The Balaban J connectivity index is 1.80. The van der Waals surface area contributed by atoms with Crippen LogP contribution in [0.1, 0.15) is 24.2 Å². The summed E-state index contributed by atoms with van der Waals surface area (Å²) in [5, 5.41) is 2.76. The Morgan fingerprint density at radius 1 is 1.08 bits per heavy atom. The average Bonchev–Trinajstić information content (AvgIpc) is 2.97. The molecule has 1 amide bonds. The summed E-state index contributed by atoms with van der Waals surface area (Å²) < 4.78 is 25.2. The second kappa shape index (κ2) is 6.33. The maximum atomic E-state index is 12.3. The van der Waals surface area contributed by atoms with Crippen molar-refractivity contribution in [2.24, 2.45) is 0 Å². The monoisotopic (exact) mass is 360 g/mol. The quantitative estimate of drug-likeness (QED) is 0.769. The van der Waals surface area contributed by atoms with Crippen molar-refractivity contribution in [2.45, 2.75) is 24.0 Å². The first kappa shape index (κ1) is 16.6. The number of fused-ring (bicyclic) bond motifs is 1. The fourth-order valence-electron chi connectivity index (χ4n) is 2.16. The van der Waals surface area contributed by atoms with Gasteiger partial charge in [0, 0.05) is 5.56 Å². The lowest BCUT2D eigenvalue weighted by Gasteiger charge is -2.08. The standard InChI is InChI=1S/C17H16N2O3S2/c1-11(2)24(21,22)13-9-7-12(8-10-13)16(20)19-17-18-14-5-3-4-6-15(14)23-17/h3-11H,1-2H3,(H,18,19,20). The number of para-hydroxylation sites is 1. The van der Waals surface area contributed by atoms with Crippen LogP contribution in [-0.2, 0) is 9.84 Å². The van der Waals surface area contributed by atoms with Crippen molar-refractivity contribution in [3.05, 3.63) is 54.1 Å². The third kappa shape index (κ3) is 3.18. The molecule has 1 N–H and O–H groups in total. The van der Waals surface area contributed by atoms with Gasteiger partial charge in [-0.1, -0.05) is 23.5 Å². The van der Waals surface area contributed by atoms with Crippen molar-refractivity contribution in [1.82, 2.24) is 4.98 Å². The molecule has 0 spiro atoms. The van der Waals surface area contributed by atoms with Gasteiger partial charge in [0.1, 0.15) is 0 Å². The molecule has 0 fully saturated rings. The first-order chi connectivity index (χ1) is 11.4. The number of carbonyl (C=O) groups excluding carboxylic acids is 1. The summed E-state index contributed by atoms with van der Waals surface area (Å²) in [6.07, 6.45) is 0. The Hall–Kier alpha value is -2.25. The SMILES string of the molecule is CC(C)S(=O)(=O)c1ccc(C(=O)Nc2nc3ccccc3s2)cc1. The molecule has 0 radical (unpaired) electrons. The summed E-state index contributed by atoms with van der Waals surface area (Å²) in [5.41, 5.74) is 1.22. The van der Waals surface area contributed by atoms with E-state index >= 15 is 0 Å². The van der Waals surface area contributed by atoms with Gasteiger partial charge in [-0.15, -0.1) is 0 Å². The van der Waals surface area contributed by atoms with Crippen LogP contribution in [0, 0.1) is 0 Å². The minimum absolute atomic E-state index is 0.217. The molecular weight excluding hydrogens is 344 g/mol. The Kier molecular flexibility index (Phi) is 4.38. The van der Waals surface area contributed by atoms with Gasteiger partial charge in [-0.25, -0.2) is 13.4 Å². The van der Waals surface area contributed by atoms with E-state index in [9.17, 15) is 13.2 Å². The van der Waals surface area contributed by atoms with Gasteiger partial charge in [-0.2, -0.15) is 0 Å². The number of hydrogen-bond acceptors (Lipinski definition) is 5. The van der Waals surface area contributed by atoms with Gasteiger partial charge < -0.3 is 0 Å². The molecule has 3 rings (SSSR count). The van der Waals surface area contributed by atoms with Gasteiger partial charge in [0.2, 0.25) is 0 Å². The van der Waals surface area contributed by atoms with Gasteiger partial charge >= 0.3 is 0 Å². The number of benzene rings is 2. The van der Waals surface area contributed by atoms with Gasteiger partial charge in [0.05, 0.1) is 20.4 Å². The van der Waals surface area contributed by atoms with Crippen molar-refractivity contribution in [1.29, 1.82) is 0 Å². The molecule has 0 unspecified atom stereocenters. The highest BCUT2D eigenvalue weighted by Gasteiger charge is 2.19. The van der Waals surface area contributed by atoms with Crippen LogP contribution in [0.15, 0.2) is 53.4 Å². The second-order valence-corrected chi connectivity index (χ2v) is 9.09. The number of nitrogens with one attached hydrogen (secondary N) is 1. The van der Waals surface area contributed by atoms with Crippen LogP contribution in [0.25, 0.3) is 10.2 Å². The van der Waals surface area contributed by atoms with E-state index in [-0.39, 0.29) is 10.8 Å². The predicted octanol–water partition coefficient (Wildman–Crippen LogP) is 3.73. The molecule has 1 aromatic heterocycles. The Morgan fingerprint density at radius 3 is 2.38 bits per heavy atom. The first-order valence-corrected chi connectivity index (χ1v) is 9.75. The number of rotatable bonds is 4. The number of carbonyl (C=O) groups is 1. The number of amides is 1. The molecule has 0 aliphatic rings. The smallest absolute Gasteiger partial charge is 0.257 e. The fraction of sp³-hybridized carbons (Fsp3) is 0.176. The zero-order valence-corrected chi connectivity index (χ0v) is 14.8. The molecule has 3 aromatic rings. The zero-order chi connectivity index (χ0) is 17.3. The lowest BCUT2D eigenvalue weighted by atomic mass is 10.2. The summed E-state index contributed by atoms with van der Waals surface area (Å²) in [6.45, 7) is 3.26. The van der Waals surface area contributed by atoms with E-state index in [1.807, 2.05) is 24.3 Å². The largest absolute Gasteiger partial charge is 0.298 e. The predicted molar refractivity (Wildman–Crippen MR) is 96.3 cm³/mol. The number of aromatic nitrogens is 1.